The second-order valence-corrected chi connectivity index (χ2v) is 8.10. The van der Waals surface area contributed by atoms with Crippen LogP contribution in [0.4, 0.5) is 0 Å². The zero-order valence-electron chi connectivity index (χ0n) is 17.1. The number of piperidine rings is 1. The molecule has 1 unspecified atom stereocenters. The number of pyridine rings is 1. The summed E-state index contributed by atoms with van der Waals surface area (Å²) in [5.74, 6) is 2.44. The molecule has 2 aromatic rings. The zero-order valence-corrected chi connectivity index (χ0v) is 17.1. The molecule has 1 aliphatic heterocycles. The molecule has 1 fully saturated rings. The summed E-state index contributed by atoms with van der Waals surface area (Å²) in [6.07, 6.45) is 4.61. The standard InChI is InChI=1S/C20H33N7/c1-5-21-19(22-13-18-25-24-17-10-6-7-12-27(17)18)23-15-20(3,4)26-11-8-9-16(2)14-26/h6-7,10,12,16H,5,8-9,11,13-15H2,1-4H3,(H2,21,22,23). The molecular formula is C20H33N7. The summed E-state index contributed by atoms with van der Waals surface area (Å²) in [5, 5.41) is 15.3. The first kappa shape index (κ1) is 19.6. The van der Waals surface area contributed by atoms with Crippen LogP contribution in [0.15, 0.2) is 29.4 Å². The Hall–Kier alpha value is -2.15. The van der Waals surface area contributed by atoms with E-state index in [0.717, 1.165) is 36.4 Å². The summed E-state index contributed by atoms with van der Waals surface area (Å²) in [6, 6.07) is 5.90. The first-order valence-corrected chi connectivity index (χ1v) is 10.1. The minimum absolute atomic E-state index is 0.0897. The molecule has 2 N–H and O–H groups in total. The highest BCUT2D eigenvalue weighted by molar-refractivity contribution is 5.79. The summed E-state index contributed by atoms with van der Waals surface area (Å²) in [4.78, 5) is 7.32. The number of likely N-dealkylation sites (tertiary alicyclic amines) is 1. The fourth-order valence-electron chi connectivity index (χ4n) is 3.64. The van der Waals surface area contributed by atoms with Gasteiger partial charge in [0.1, 0.15) is 6.54 Å². The highest BCUT2D eigenvalue weighted by atomic mass is 15.3. The lowest BCUT2D eigenvalue weighted by molar-refractivity contribution is 0.0739. The molecule has 0 radical (unpaired) electrons. The number of hydrogen-bond donors (Lipinski definition) is 2. The Bertz CT molecular complexity index is 765. The summed E-state index contributed by atoms with van der Waals surface area (Å²) in [5.41, 5.74) is 0.938. The van der Waals surface area contributed by atoms with Crippen molar-refractivity contribution in [2.45, 2.75) is 52.6 Å². The van der Waals surface area contributed by atoms with Crippen LogP contribution in [-0.4, -0.2) is 57.2 Å². The lowest BCUT2D eigenvalue weighted by Crippen LogP contribution is -2.56. The Morgan fingerprint density at radius 3 is 2.93 bits per heavy atom. The molecule has 0 bridgehead atoms. The molecular weight excluding hydrogens is 338 g/mol. The molecule has 0 saturated carbocycles. The Labute approximate surface area is 162 Å². The van der Waals surface area contributed by atoms with Gasteiger partial charge in [-0.1, -0.05) is 13.0 Å². The summed E-state index contributed by atoms with van der Waals surface area (Å²) in [6.45, 7) is 13.6. The molecule has 1 atom stereocenters. The van der Waals surface area contributed by atoms with Gasteiger partial charge in [0.25, 0.3) is 0 Å². The maximum absolute atomic E-state index is 4.72. The van der Waals surface area contributed by atoms with Crippen LogP contribution in [0.25, 0.3) is 5.65 Å². The molecule has 3 heterocycles. The average Bonchev–Trinajstić information content (AvgIpc) is 3.07. The van der Waals surface area contributed by atoms with E-state index < -0.39 is 0 Å². The van der Waals surface area contributed by atoms with Gasteiger partial charge >= 0.3 is 0 Å². The number of aromatic nitrogens is 3. The van der Waals surface area contributed by atoms with Crippen molar-refractivity contribution in [3.8, 4) is 0 Å². The fraction of sp³-hybridized carbons (Fsp3) is 0.650. The van der Waals surface area contributed by atoms with Crippen LogP contribution in [0, 0.1) is 5.92 Å². The topological polar surface area (TPSA) is 69.8 Å². The van der Waals surface area contributed by atoms with E-state index in [4.69, 9.17) is 4.99 Å². The summed E-state index contributed by atoms with van der Waals surface area (Å²) in [7, 11) is 0. The first-order chi connectivity index (χ1) is 13.0. The molecule has 148 valence electrons. The van der Waals surface area contributed by atoms with Crippen molar-refractivity contribution >= 4 is 11.6 Å². The van der Waals surface area contributed by atoms with Crippen molar-refractivity contribution in [2.24, 2.45) is 10.9 Å². The highest BCUT2D eigenvalue weighted by Gasteiger charge is 2.30. The van der Waals surface area contributed by atoms with E-state index in [9.17, 15) is 0 Å². The lowest BCUT2D eigenvalue weighted by atomic mass is 9.93. The maximum Gasteiger partial charge on any atom is 0.191 e. The number of nitrogens with zero attached hydrogens (tertiary/aromatic N) is 5. The second-order valence-electron chi connectivity index (χ2n) is 8.10. The van der Waals surface area contributed by atoms with E-state index >= 15 is 0 Å². The largest absolute Gasteiger partial charge is 0.357 e. The SMILES string of the molecule is CCNC(=NCc1nnc2ccccn12)NCC(C)(C)N1CCCC(C)C1. The van der Waals surface area contributed by atoms with Crippen molar-refractivity contribution in [3.63, 3.8) is 0 Å². The predicted molar refractivity (Wildman–Crippen MR) is 110 cm³/mol. The van der Waals surface area contributed by atoms with Crippen molar-refractivity contribution in [1.29, 1.82) is 0 Å². The van der Waals surface area contributed by atoms with E-state index in [1.165, 1.54) is 25.9 Å². The van der Waals surface area contributed by atoms with Gasteiger partial charge in [-0.15, -0.1) is 10.2 Å². The Kier molecular flexibility index (Phi) is 6.31. The van der Waals surface area contributed by atoms with Gasteiger partial charge in [-0.3, -0.25) is 9.30 Å². The van der Waals surface area contributed by atoms with Crippen molar-refractivity contribution in [3.05, 3.63) is 30.2 Å². The minimum atomic E-state index is 0.0897. The van der Waals surface area contributed by atoms with E-state index in [-0.39, 0.29) is 5.54 Å². The van der Waals surface area contributed by atoms with Crippen molar-refractivity contribution in [1.82, 2.24) is 30.1 Å². The number of hydrogen-bond acceptors (Lipinski definition) is 4. The van der Waals surface area contributed by atoms with Crippen LogP contribution in [0.2, 0.25) is 0 Å². The first-order valence-electron chi connectivity index (χ1n) is 10.1. The monoisotopic (exact) mass is 371 g/mol. The third kappa shape index (κ3) is 4.97. The predicted octanol–water partition coefficient (Wildman–Crippen LogP) is 2.29. The number of rotatable bonds is 6. The second kappa shape index (κ2) is 8.69. The normalized spacial score (nSPS) is 19.4. The van der Waals surface area contributed by atoms with Crippen LogP contribution in [0.3, 0.4) is 0 Å². The number of nitrogens with one attached hydrogen (secondary N) is 2. The van der Waals surface area contributed by atoms with Gasteiger partial charge in [-0.25, -0.2) is 4.99 Å². The Balaban J connectivity index is 1.63. The molecule has 2 aromatic heterocycles. The quantitative estimate of drug-likeness (QED) is 0.602. The van der Waals surface area contributed by atoms with Gasteiger partial charge in [0.15, 0.2) is 17.4 Å². The molecule has 27 heavy (non-hydrogen) atoms. The van der Waals surface area contributed by atoms with Crippen LogP contribution in [-0.2, 0) is 6.54 Å². The Morgan fingerprint density at radius 2 is 2.15 bits per heavy atom. The molecule has 7 nitrogen and oxygen atoms in total. The van der Waals surface area contributed by atoms with Crippen LogP contribution >= 0.6 is 0 Å². The number of fused-ring (bicyclic) bond motifs is 1. The van der Waals surface area contributed by atoms with Gasteiger partial charge in [0.05, 0.1) is 0 Å². The summed E-state index contributed by atoms with van der Waals surface area (Å²) >= 11 is 0. The summed E-state index contributed by atoms with van der Waals surface area (Å²) < 4.78 is 1.98. The molecule has 7 heteroatoms. The van der Waals surface area contributed by atoms with Gasteiger partial charge in [-0.05, 0) is 58.2 Å². The smallest absolute Gasteiger partial charge is 0.191 e. The van der Waals surface area contributed by atoms with Gasteiger partial charge in [0.2, 0.25) is 0 Å². The van der Waals surface area contributed by atoms with E-state index in [1.54, 1.807) is 0 Å². The van der Waals surface area contributed by atoms with Crippen molar-refractivity contribution < 1.29 is 0 Å². The fourth-order valence-corrected chi connectivity index (χ4v) is 3.64. The third-order valence-electron chi connectivity index (χ3n) is 5.31. The van der Waals surface area contributed by atoms with Gasteiger partial charge < -0.3 is 10.6 Å². The average molecular weight is 372 g/mol. The highest BCUT2D eigenvalue weighted by Crippen LogP contribution is 2.23. The van der Waals surface area contributed by atoms with Gasteiger partial charge in [0, 0.05) is 31.4 Å². The molecule has 0 amide bonds. The van der Waals surface area contributed by atoms with E-state index in [2.05, 4.69) is 53.4 Å². The minimum Gasteiger partial charge on any atom is -0.357 e. The number of guanidine groups is 1. The molecule has 1 saturated heterocycles. The molecule has 0 aromatic carbocycles. The molecule has 0 aliphatic carbocycles. The lowest BCUT2D eigenvalue weighted by Gasteiger charge is -2.43. The zero-order chi connectivity index (χ0) is 19.3. The number of aliphatic imine (C=N–C) groups is 1. The van der Waals surface area contributed by atoms with E-state index in [0.29, 0.717) is 6.54 Å². The molecule has 1 aliphatic rings. The van der Waals surface area contributed by atoms with Crippen molar-refractivity contribution in [2.75, 3.05) is 26.2 Å². The van der Waals surface area contributed by atoms with Crippen LogP contribution in [0.5, 0.6) is 0 Å². The maximum atomic E-state index is 4.72. The molecule has 0 spiro atoms. The Morgan fingerprint density at radius 1 is 1.30 bits per heavy atom. The molecule has 3 rings (SSSR count). The third-order valence-corrected chi connectivity index (χ3v) is 5.31. The van der Waals surface area contributed by atoms with E-state index in [1.807, 2.05) is 28.8 Å². The van der Waals surface area contributed by atoms with Crippen LogP contribution < -0.4 is 10.6 Å². The van der Waals surface area contributed by atoms with Crippen LogP contribution in [0.1, 0.15) is 46.4 Å². The van der Waals surface area contributed by atoms with Gasteiger partial charge in [-0.2, -0.15) is 0 Å².